The van der Waals surface area contributed by atoms with Crippen LogP contribution in [0.1, 0.15) is 64.3 Å². The zero-order valence-electron chi connectivity index (χ0n) is 24.0. The van der Waals surface area contributed by atoms with Crippen molar-refractivity contribution < 1.29 is 18.7 Å². The predicted molar refractivity (Wildman–Crippen MR) is 157 cm³/mol. The number of benzene rings is 2. The third-order valence-electron chi connectivity index (χ3n) is 7.92. The van der Waals surface area contributed by atoms with Gasteiger partial charge in [0.25, 0.3) is 0 Å². The van der Waals surface area contributed by atoms with Crippen LogP contribution in [0, 0.1) is 0 Å². The van der Waals surface area contributed by atoms with Crippen molar-refractivity contribution in [3.8, 4) is 0 Å². The number of aliphatic hydroxyl groups is 1. The molecule has 208 valence electrons. The first-order valence-electron chi connectivity index (χ1n) is 13.9. The molecule has 2 aromatic carbocycles. The van der Waals surface area contributed by atoms with E-state index < -0.39 is 26.9 Å². The molecule has 7 heteroatoms. The molecule has 0 unspecified atom stereocenters. The molecule has 1 aromatic heterocycles. The lowest BCUT2D eigenvalue weighted by Gasteiger charge is -2.53. The van der Waals surface area contributed by atoms with Gasteiger partial charge in [-0.3, -0.25) is 0 Å². The van der Waals surface area contributed by atoms with Gasteiger partial charge in [0.05, 0.1) is 6.61 Å². The van der Waals surface area contributed by atoms with E-state index in [1.165, 1.54) is 11.1 Å². The topological polar surface area (TPSA) is 64.1 Å². The number of nitrogens with zero attached hydrogens (tertiary/aromatic N) is 2. The van der Waals surface area contributed by atoms with E-state index >= 15 is 0 Å². The summed E-state index contributed by atoms with van der Waals surface area (Å²) in [4.78, 5) is 7.11. The molecular formula is C32H42N2O4Si. The summed E-state index contributed by atoms with van der Waals surface area (Å²) in [6.45, 7) is 15.0. The Labute approximate surface area is 234 Å². The van der Waals surface area contributed by atoms with Gasteiger partial charge in [0.15, 0.2) is 0 Å². The fourth-order valence-corrected chi connectivity index (χ4v) is 11.2. The fraction of sp³-hybridized carbons (Fsp3) is 0.469. The number of hydrogen-bond donors (Lipinski definition) is 1. The van der Waals surface area contributed by atoms with Crippen LogP contribution in [0.2, 0.25) is 10.1 Å². The largest absolute Gasteiger partial charge is 0.391 e. The molecular weight excluding hydrogens is 504 g/mol. The number of aliphatic hydroxyl groups excluding tert-OH is 1. The quantitative estimate of drug-likeness (QED) is 0.354. The maximum atomic E-state index is 11.4. The highest BCUT2D eigenvalue weighted by Gasteiger charge is 2.64. The van der Waals surface area contributed by atoms with Crippen LogP contribution in [0.4, 0.5) is 5.82 Å². The second-order valence-corrected chi connectivity index (χ2v) is 17.6. The Morgan fingerprint density at radius 1 is 0.846 bits per heavy atom. The average Bonchev–Trinajstić information content (AvgIpc) is 3.24. The molecule has 0 spiro atoms. The molecule has 1 N–H and O–H groups in total. The van der Waals surface area contributed by atoms with Gasteiger partial charge in [0.1, 0.15) is 30.2 Å². The highest BCUT2D eigenvalue weighted by atomic mass is 28.4. The van der Waals surface area contributed by atoms with Crippen molar-refractivity contribution in [1.29, 1.82) is 0 Å². The zero-order chi connectivity index (χ0) is 27.8. The smallest absolute Gasteiger partial charge is 0.349 e. The first-order chi connectivity index (χ1) is 18.5. The molecule has 2 aliphatic heterocycles. The molecule has 0 aliphatic carbocycles. The monoisotopic (exact) mass is 546 g/mol. The molecule has 2 fully saturated rings. The van der Waals surface area contributed by atoms with E-state index in [2.05, 4.69) is 95.0 Å². The molecule has 5 rings (SSSR count). The lowest BCUT2D eigenvalue weighted by molar-refractivity contribution is -0.0721. The number of rotatable bonds is 6. The Bertz CT molecular complexity index is 1170. The van der Waals surface area contributed by atoms with E-state index in [1.807, 2.05) is 30.5 Å². The fourth-order valence-electron chi connectivity index (χ4n) is 6.21. The molecule has 0 saturated carbocycles. The molecule has 3 aromatic rings. The molecule has 39 heavy (non-hydrogen) atoms. The number of ether oxygens (including phenoxy) is 1. The minimum atomic E-state index is -2.70. The lowest BCUT2D eigenvalue weighted by Crippen LogP contribution is -2.65. The van der Waals surface area contributed by atoms with Crippen LogP contribution in [0.3, 0.4) is 0 Å². The minimum Gasteiger partial charge on any atom is -0.391 e. The molecule has 2 saturated heterocycles. The van der Waals surface area contributed by atoms with Gasteiger partial charge in [0, 0.05) is 34.9 Å². The Hall–Kier alpha value is -2.55. The molecule has 4 atom stereocenters. The van der Waals surface area contributed by atoms with E-state index in [4.69, 9.17) is 18.6 Å². The second-order valence-electron chi connectivity index (χ2n) is 12.9. The second kappa shape index (κ2) is 10.8. The van der Waals surface area contributed by atoms with Crippen LogP contribution in [0.15, 0.2) is 79.0 Å². The number of fused-ring (bicyclic) bond motifs is 1. The maximum absolute atomic E-state index is 11.4. The zero-order valence-corrected chi connectivity index (χ0v) is 25.0. The minimum absolute atomic E-state index is 0.155. The Morgan fingerprint density at radius 2 is 1.41 bits per heavy atom. The maximum Gasteiger partial charge on any atom is 0.349 e. The summed E-state index contributed by atoms with van der Waals surface area (Å²) in [5.41, 5.74) is 3.29. The van der Waals surface area contributed by atoms with Crippen LogP contribution in [-0.2, 0) is 26.7 Å². The van der Waals surface area contributed by atoms with Gasteiger partial charge in [-0.15, -0.1) is 0 Å². The van der Waals surface area contributed by atoms with Crippen LogP contribution in [-0.4, -0.2) is 43.6 Å². The van der Waals surface area contributed by atoms with Gasteiger partial charge < -0.3 is 23.6 Å². The van der Waals surface area contributed by atoms with Gasteiger partial charge in [-0.25, -0.2) is 4.98 Å². The van der Waals surface area contributed by atoms with Gasteiger partial charge >= 0.3 is 8.56 Å². The summed E-state index contributed by atoms with van der Waals surface area (Å²) < 4.78 is 19.7. The van der Waals surface area contributed by atoms with Crippen LogP contribution in [0.5, 0.6) is 0 Å². The van der Waals surface area contributed by atoms with Crippen molar-refractivity contribution >= 4 is 14.4 Å². The molecule has 2 aliphatic rings. The number of aromatic nitrogens is 1. The Morgan fingerprint density at radius 3 is 1.90 bits per heavy atom. The molecule has 6 nitrogen and oxygen atoms in total. The van der Waals surface area contributed by atoms with Crippen molar-refractivity contribution in [1.82, 2.24) is 4.98 Å². The number of pyridine rings is 1. The standard InChI is InChI=1S/C32H42N2O4Si/c1-31(2,3)39(32(4,5)6)36-22-26-30(38-39)28(35)29(37-26)25-17-18-27(33-19-25)34(20-23-13-9-7-10-14-23)21-24-15-11-8-12-16-24/h7-19,26,28-30,35H,20-22H2,1-6H3/t26-,28+,29+,30-/m1/s1. The predicted octanol–water partition coefficient (Wildman–Crippen LogP) is 6.55. The van der Waals surface area contributed by atoms with Crippen molar-refractivity contribution in [3.05, 3.63) is 95.7 Å². The van der Waals surface area contributed by atoms with Gasteiger partial charge in [-0.2, -0.15) is 0 Å². The van der Waals surface area contributed by atoms with E-state index in [-0.39, 0.29) is 16.2 Å². The first kappa shape index (κ1) is 28.0. The van der Waals surface area contributed by atoms with Crippen molar-refractivity contribution in [3.63, 3.8) is 0 Å². The van der Waals surface area contributed by atoms with E-state index in [0.29, 0.717) is 6.61 Å². The summed E-state index contributed by atoms with van der Waals surface area (Å²) >= 11 is 0. The van der Waals surface area contributed by atoms with E-state index in [9.17, 15) is 5.11 Å². The Balaban J connectivity index is 1.36. The SMILES string of the molecule is CC(C)(C)[Si]1(C(C)(C)C)OC[C@H]2O[C@@H](c3ccc(N(Cc4ccccc4)Cc4ccccc4)nc3)[C@H](O)[C@@H]2O1. The van der Waals surface area contributed by atoms with Crippen molar-refractivity contribution in [2.24, 2.45) is 0 Å². The lowest BCUT2D eigenvalue weighted by atomic mass is 10.0. The highest BCUT2D eigenvalue weighted by molar-refractivity contribution is 6.73. The van der Waals surface area contributed by atoms with Crippen LogP contribution < -0.4 is 4.90 Å². The molecule has 0 amide bonds. The molecule has 0 radical (unpaired) electrons. The number of anilines is 1. The van der Waals surface area contributed by atoms with Crippen LogP contribution in [0.25, 0.3) is 0 Å². The third-order valence-corrected chi connectivity index (χ3v) is 13.0. The third kappa shape index (κ3) is 5.56. The summed E-state index contributed by atoms with van der Waals surface area (Å²) in [7, 11) is -2.70. The first-order valence-corrected chi connectivity index (χ1v) is 15.7. The molecule has 0 bridgehead atoms. The van der Waals surface area contributed by atoms with Gasteiger partial charge in [-0.1, -0.05) is 108 Å². The van der Waals surface area contributed by atoms with Crippen molar-refractivity contribution in [2.45, 2.75) is 89.1 Å². The molecule has 3 heterocycles. The summed E-state index contributed by atoms with van der Waals surface area (Å²) in [5, 5.41) is 11.1. The Kier molecular flexibility index (Phi) is 7.74. The van der Waals surface area contributed by atoms with Crippen molar-refractivity contribution in [2.75, 3.05) is 11.5 Å². The van der Waals surface area contributed by atoms with Gasteiger partial charge in [0.2, 0.25) is 0 Å². The summed E-state index contributed by atoms with van der Waals surface area (Å²) in [6.07, 6.45) is -0.175. The van der Waals surface area contributed by atoms with Gasteiger partial charge in [-0.05, 0) is 17.2 Å². The van der Waals surface area contributed by atoms with Crippen LogP contribution >= 0.6 is 0 Å². The van der Waals surface area contributed by atoms with E-state index in [0.717, 1.165) is 24.5 Å². The summed E-state index contributed by atoms with van der Waals surface area (Å²) in [5.74, 6) is 0.878. The average molecular weight is 547 g/mol. The van der Waals surface area contributed by atoms with E-state index in [1.54, 1.807) is 0 Å². The normalized spacial score (nSPS) is 24.8. The highest BCUT2D eigenvalue weighted by Crippen LogP contribution is 2.56. The number of hydrogen-bond acceptors (Lipinski definition) is 6. The summed E-state index contributed by atoms with van der Waals surface area (Å²) in [6, 6.07) is 24.9.